The van der Waals surface area contributed by atoms with Crippen LogP contribution in [0.15, 0.2) is 24.3 Å². The maximum absolute atomic E-state index is 13.6. The molecule has 1 aromatic rings. The molecule has 0 aliphatic carbocycles. The number of hydrogen-bond donors (Lipinski definition) is 1. The molecule has 2 N–H and O–H groups in total. The van der Waals surface area contributed by atoms with Crippen molar-refractivity contribution in [2.24, 2.45) is 5.73 Å². The summed E-state index contributed by atoms with van der Waals surface area (Å²) in [5.41, 5.74) is 5.79. The quantitative estimate of drug-likeness (QED) is 0.884. The fourth-order valence-corrected chi connectivity index (χ4v) is 2.32. The van der Waals surface area contributed by atoms with Crippen molar-refractivity contribution in [3.8, 4) is 0 Å². The zero-order chi connectivity index (χ0) is 13.8. The van der Waals surface area contributed by atoms with Gasteiger partial charge in [-0.3, -0.25) is 9.69 Å². The lowest BCUT2D eigenvalue weighted by Gasteiger charge is -2.37. The standard InChI is InChI=1S/C14H20FN3O/c1-11(10-16)17-6-8-18(9-7-17)14(19)12-4-2-3-5-13(12)15/h2-5,11H,6-10,16H2,1H3. The predicted octanol–water partition coefficient (Wildman–Crippen LogP) is 0.931. The van der Waals surface area contributed by atoms with Crippen LogP contribution in [-0.4, -0.2) is 54.5 Å². The number of carbonyl (C=O) groups is 1. The van der Waals surface area contributed by atoms with Gasteiger partial charge >= 0.3 is 0 Å². The summed E-state index contributed by atoms with van der Waals surface area (Å²) in [6, 6.07) is 6.45. The summed E-state index contributed by atoms with van der Waals surface area (Å²) in [4.78, 5) is 16.2. The van der Waals surface area contributed by atoms with Gasteiger partial charge in [-0.1, -0.05) is 12.1 Å². The van der Waals surface area contributed by atoms with E-state index in [0.717, 1.165) is 13.1 Å². The number of nitrogens with two attached hydrogens (primary N) is 1. The molecule has 2 rings (SSSR count). The topological polar surface area (TPSA) is 49.6 Å². The number of halogens is 1. The fourth-order valence-electron chi connectivity index (χ4n) is 2.32. The van der Waals surface area contributed by atoms with E-state index in [1.165, 1.54) is 12.1 Å². The summed E-state index contributed by atoms with van der Waals surface area (Å²) in [6.07, 6.45) is 0. The van der Waals surface area contributed by atoms with E-state index in [4.69, 9.17) is 5.73 Å². The van der Waals surface area contributed by atoms with Crippen LogP contribution in [0.2, 0.25) is 0 Å². The van der Waals surface area contributed by atoms with E-state index >= 15 is 0 Å². The molecule has 0 aromatic heterocycles. The minimum atomic E-state index is -0.453. The highest BCUT2D eigenvalue weighted by atomic mass is 19.1. The van der Waals surface area contributed by atoms with Crippen LogP contribution in [-0.2, 0) is 0 Å². The van der Waals surface area contributed by atoms with Crippen LogP contribution in [0.4, 0.5) is 4.39 Å². The summed E-state index contributed by atoms with van der Waals surface area (Å²) >= 11 is 0. The molecule has 1 amide bonds. The van der Waals surface area contributed by atoms with Crippen molar-refractivity contribution in [1.82, 2.24) is 9.80 Å². The molecule has 1 aliphatic rings. The minimum absolute atomic E-state index is 0.155. The van der Waals surface area contributed by atoms with Gasteiger partial charge in [0.2, 0.25) is 0 Å². The van der Waals surface area contributed by atoms with Gasteiger partial charge in [0, 0.05) is 38.8 Å². The number of amides is 1. The van der Waals surface area contributed by atoms with Crippen LogP contribution in [0.25, 0.3) is 0 Å². The lowest BCUT2D eigenvalue weighted by molar-refractivity contribution is 0.0584. The molecule has 5 heteroatoms. The second kappa shape index (κ2) is 6.12. The summed E-state index contributed by atoms with van der Waals surface area (Å²) in [5.74, 6) is -0.677. The highest BCUT2D eigenvalue weighted by molar-refractivity contribution is 5.94. The van der Waals surface area contributed by atoms with Crippen molar-refractivity contribution < 1.29 is 9.18 Å². The highest BCUT2D eigenvalue weighted by Gasteiger charge is 2.25. The molecule has 1 aliphatic heterocycles. The lowest BCUT2D eigenvalue weighted by atomic mass is 10.1. The van der Waals surface area contributed by atoms with Crippen LogP contribution >= 0.6 is 0 Å². The first-order chi connectivity index (χ1) is 9.13. The molecule has 1 aromatic carbocycles. The molecule has 0 bridgehead atoms. The molecule has 1 saturated heterocycles. The Morgan fingerprint density at radius 3 is 2.53 bits per heavy atom. The Balaban J connectivity index is 1.98. The molecule has 1 atom stereocenters. The number of nitrogens with zero attached hydrogens (tertiary/aromatic N) is 2. The van der Waals surface area contributed by atoms with E-state index in [9.17, 15) is 9.18 Å². The number of piperazine rings is 1. The molecule has 0 spiro atoms. The van der Waals surface area contributed by atoms with Gasteiger partial charge in [-0.2, -0.15) is 0 Å². The maximum atomic E-state index is 13.6. The molecule has 4 nitrogen and oxygen atoms in total. The zero-order valence-corrected chi connectivity index (χ0v) is 11.2. The van der Waals surface area contributed by atoms with Crippen LogP contribution < -0.4 is 5.73 Å². The van der Waals surface area contributed by atoms with Gasteiger partial charge in [0.25, 0.3) is 5.91 Å². The predicted molar refractivity (Wildman–Crippen MR) is 72.4 cm³/mol. The average Bonchev–Trinajstić information content (AvgIpc) is 2.46. The Morgan fingerprint density at radius 2 is 1.95 bits per heavy atom. The van der Waals surface area contributed by atoms with Crippen molar-refractivity contribution in [3.05, 3.63) is 35.6 Å². The largest absolute Gasteiger partial charge is 0.336 e. The van der Waals surface area contributed by atoms with Crippen molar-refractivity contribution in [2.75, 3.05) is 32.7 Å². The van der Waals surface area contributed by atoms with Gasteiger partial charge < -0.3 is 10.6 Å². The van der Waals surface area contributed by atoms with Crippen LogP contribution in [0.1, 0.15) is 17.3 Å². The first-order valence-corrected chi connectivity index (χ1v) is 6.61. The molecular weight excluding hydrogens is 245 g/mol. The summed E-state index contributed by atoms with van der Waals surface area (Å²) < 4.78 is 13.6. The third-order valence-corrected chi connectivity index (χ3v) is 3.67. The van der Waals surface area contributed by atoms with Crippen LogP contribution in [0.5, 0.6) is 0 Å². The number of hydrogen-bond acceptors (Lipinski definition) is 3. The monoisotopic (exact) mass is 265 g/mol. The Kier molecular flexibility index (Phi) is 4.50. The molecule has 1 heterocycles. The Bertz CT molecular complexity index is 444. The van der Waals surface area contributed by atoms with E-state index in [2.05, 4.69) is 11.8 Å². The second-order valence-electron chi connectivity index (χ2n) is 4.89. The Morgan fingerprint density at radius 1 is 1.32 bits per heavy atom. The summed E-state index contributed by atoms with van der Waals surface area (Å²) in [7, 11) is 0. The summed E-state index contributed by atoms with van der Waals surface area (Å²) in [5, 5.41) is 0. The number of rotatable bonds is 3. The van der Waals surface area contributed by atoms with E-state index in [1.54, 1.807) is 17.0 Å². The Labute approximate surface area is 113 Å². The normalized spacial score (nSPS) is 18.4. The fraction of sp³-hybridized carbons (Fsp3) is 0.500. The van der Waals surface area contributed by atoms with Crippen molar-refractivity contribution in [2.45, 2.75) is 13.0 Å². The molecule has 104 valence electrons. The van der Waals surface area contributed by atoms with Crippen LogP contribution in [0.3, 0.4) is 0 Å². The summed E-state index contributed by atoms with van der Waals surface area (Å²) in [6.45, 7) is 5.52. The van der Waals surface area contributed by atoms with E-state index < -0.39 is 5.82 Å². The molecule has 1 unspecified atom stereocenters. The van der Waals surface area contributed by atoms with Gasteiger partial charge in [-0.05, 0) is 19.1 Å². The van der Waals surface area contributed by atoms with Gasteiger partial charge in [0.05, 0.1) is 5.56 Å². The SMILES string of the molecule is CC(CN)N1CCN(C(=O)c2ccccc2F)CC1. The molecule has 1 fully saturated rings. The van der Waals surface area contributed by atoms with Crippen molar-refractivity contribution >= 4 is 5.91 Å². The van der Waals surface area contributed by atoms with E-state index in [-0.39, 0.29) is 11.5 Å². The molecule has 0 radical (unpaired) electrons. The highest BCUT2D eigenvalue weighted by Crippen LogP contribution is 2.13. The van der Waals surface area contributed by atoms with E-state index in [1.807, 2.05) is 0 Å². The number of benzene rings is 1. The molecule has 19 heavy (non-hydrogen) atoms. The van der Waals surface area contributed by atoms with E-state index in [0.29, 0.717) is 25.7 Å². The third kappa shape index (κ3) is 3.11. The van der Waals surface area contributed by atoms with Gasteiger partial charge in [-0.25, -0.2) is 4.39 Å². The smallest absolute Gasteiger partial charge is 0.256 e. The number of carbonyl (C=O) groups excluding carboxylic acids is 1. The average molecular weight is 265 g/mol. The second-order valence-corrected chi connectivity index (χ2v) is 4.89. The maximum Gasteiger partial charge on any atom is 0.256 e. The molecule has 0 saturated carbocycles. The van der Waals surface area contributed by atoms with Gasteiger partial charge in [0.1, 0.15) is 5.82 Å². The first-order valence-electron chi connectivity index (χ1n) is 6.61. The lowest BCUT2D eigenvalue weighted by Crippen LogP contribution is -2.52. The Hall–Kier alpha value is -1.46. The third-order valence-electron chi connectivity index (χ3n) is 3.67. The van der Waals surface area contributed by atoms with Crippen LogP contribution in [0, 0.1) is 5.82 Å². The zero-order valence-electron chi connectivity index (χ0n) is 11.2. The molecular formula is C14H20FN3O. The minimum Gasteiger partial charge on any atom is -0.336 e. The van der Waals surface area contributed by atoms with Gasteiger partial charge in [0.15, 0.2) is 0 Å². The van der Waals surface area contributed by atoms with Crippen molar-refractivity contribution in [1.29, 1.82) is 0 Å². The van der Waals surface area contributed by atoms with Crippen molar-refractivity contribution in [3.63, 3.8) is 0 Å². The first kappa shape index (κ1) is 14.0. The van der Waals surface area contributed by atoms with Gasteiger partial charge in [-0.15, -0.1) is 0 Å².